The Morgan fingerprint density at radius 3 is 2.58 bits per heavy atom. The predicted octanol–water partition coefficient (Wildman–Crippen LogP) is 4.63. The topological polar surface area (TPSA) is 54.5 Å². The largest absolute Gasteiger partial charge is 0.280 e. The SMILES string of the molecule is Cc1[nH]nc2c1nc(-c1cnc3ccccc3c1)c1ccccc12. The van der Waals surface area contributed by atoms with Gasteiger partial charge < -0.3 is 0 Å². The second-order valence-corrected chi connectivity index (χ2v) is 5.97. The molecule has 5 rings (SSSR count). The van der Waals surface area contributed by atoms with Crippen LogP contribution in [0.2, 0.25) is 0 Å². The summed E-state index contributed by atoms with van der Waals surface area (Å²) in [5, 5.41) is 10.8. The van der Waals surface area contributed by atoms with Crippen molar-refractivity contribution in [1.82, 2.24) is 20.2 Å². The lowest BCUT2D eigenvalue weighted by molar-refractivity contribution is 1.07. The molecule has 0 atom stereocenters. The highest BCUT2D eigenvalue weighted by atomic mass is 15.1. The molecule has 0 saturated heterocycles. The molecule has 2 aromatic carbocycles. The van der Waals surface area contributed by atoms with Crippen molar-refractivity contribution >= 4 is 32.7 Å². The molecule has 0 amide bonds. The zero-order valence-corrected chi connectivity index (χ0v) is 13.1. The summed E-state index contributed by atoms with van der Waals surface area (Å²) in [6, 6.07) is 18.5. The lowest BCUT2D eigenvalue weighted by Gasteiger charge is -2.08. The van der Waals surface area contributed by atoms with Gasteiger partial charge in [-0.05, 0) is 19.1 Å². The number of hydrogen-bond acceptors (Lipinski definition) is 3. The number of para-hydroxylation sites is 1. The van der Waals surface area contributed by atoms with Crippen LogP contribution >= 0.6 is 0 Å². The number of nitrogens with one attached hydrogen (secondary N) is 1. The summed E-state index contributed by atoms with van der Waals surface area (Å²) in [5.41, 5.74) is 5.77. The van der Waals surface area contributed by atoms with Crippen molar-refractivity contribution in [3.63, 3.8) is 0 Å². The molecule has 0 bridgehead atoms. The molecule has 5 aromatic rings. The van der Waals surface area contributed by atoms with E-state index in [4.69, 9.17) is 4.98 Å². The molecule has 0 radical (unpaired) electrons. The van der Waals surface area contributed by atoms with Gasteiger partial charge in [0, 0.05) is 27.9 Å². The average molecular weight is 310 g/mol. The van der Waals surface area contributed by atoms with E-state index in [0.717, 1.165) is 49.7 Å². The van der Waals surface area contributed by atoms with Gasteiger partial charge in [0.2, 0.25) is 0 Å². The third kappa shape index (κ3) is 1.83. The van der Waals surface area contributed by atoms with Gasteiger partial charge in [-0.2, -0.15) is 5.10 Å². The van der Waals surface area contributed by atoms with Crippen LogP contribution in [0.1, 0.15) is 5.69 Å². The Kier molecular flexibility index (Phi) is 2.67. The minimum atomic E-state index is 0.914. The molecule has 0 aliphatic rings. The number of pyridine rings is 2. The summed E-state index contributed by atoms with van der Waals surface area (Å²) in [4.78, 5) is 9.50. The third-order valence-electron chi connectivity index (χ3n) is 4.44. The maximum absolute atomic E-state index is 4.91. The van der Waals surface area contributed by atoms with Crippen LogP contribution in [0.5, 0.6) is 0 Å². The second-order valence-electron chi connectivity index (χ2n) is 5.97. The summed E-state index contributed by atoms with van der Waals surface area (Å²) < 4.78 is 0. The van der Waals surface area contributed by atoms with Crippen LogP contribution in [-0.4, -0.2) is 20.2 Å². The molecule has 0 aliphatic carbocycles. The zero-order chi connectivity index (χ0) is 16.1. The third-order valence-corrected chi connectivity index (χ3v) is 4.44. The number of rotatable bonds is 1. The maximum atomic E-state index is 4.91. The minimum absolute atomic E-state index is 0.914. The van der Waals surface area contributed by atoms with Gasteiger partial charge in [0.05, 0.1) is 16.9 Å². The Morgan fingerprint density at radius 2 is 1.67 bits per heavy atom. The second kappa shape index (κ2) is 4.86. The first kappa shape index (κ1) is 13.2. The van der Waals surface area contributed by atoms with Crippen LogP contribution in [0, 0.1) is 6.92 Å². The van der Waals surface area contributed by atoms with Crippen LogP contribution in [0.3, 0.4) is 0 Å². The van der Waals surface area contributed by atoms with E-state index >= 15 is 0 Å². The van der Waals surface area contributed by atoms with Crippen molar-refractivity contribution in [1.29, 1.82) is 0 Å². The number of aryl methyl sites for hydroxylation is 1. The number of H-pyrrole nitrogens is 1. The fraction of sp³-hybridized carbons (Fsp3) is 0.0500. The molecule has 3 aromatic heterocycles. The minimum Gasteiger partial charge on any atom is -0.280 e. The molecule has 24 heavy (non-hydrogen) atoms. The quantitative estimate of drug-likeness (QED) is 0.491. The molecule has 0 unspecified atom stereocenters. The van der Waals surface area contributed by atoms with Gasteiger partial charge in [-0.3, -0.25) is 10.1 Å². The Balaban J connectivity index is 1.90. The van der Waals surface area contributed by atoms with Crippen molar-refractivity contribution in [3.05, 3.63) is 66.5 Å². The van der Waals surface area contributed by atoms with E-state index in [1.54, 1.807) is 0 Å². The molecular weight excluding hydrogens is 296 g/mol. The van der Waals surface area contributed by atoms with Gasteiger partial charge in [-0.25, -0.2) is 4.98 Å². The summed E-state index contributed by atoms with van der Waals surface area (Å²) in [5.74, 6) is 0. The molecule has 0 spiro atoms. The van der Waals surface area contributed by atoms with Crippen LogP contribution in [0.25, 0.3) is 44.0 Å². The van der Waals surface area contributed by atoms with Crippen molar-refractivity contribution in [3.8, 4) is 11.3 Å². The number of benzene rings is 2. The molecule has 4 heteroatoms. The Hall–Kier alpha value is -3.27. The van der Waals surface area contributed by atoms with E-state index in [1.807, 2.05) is 43.5 Å². The zero-order valence-electron chi connectivity index (χ0n) is 13.1. The number of nitrogens with zero attached hydrogens (tertiary/aromatic N) is 3. The first-order valence-electron chi connectivity index (χ1n) is 7.90. The molecule has 0 saturated carbocycles. The number of hydrogen-bond donors (Lipinski definition) is 1. The van der Waals surface area contributed by atoms with E-state index in [-0.39, 0.29) is 0 Å². The predicted molar refractivity (Wildman–Crippen MR) is 96.9 cm³/mol. The van der Waals surface area contributed by atoms with Gasteiger partial charge in [0.15, 0.2) is 0 Å². The molecular formula is C20H14N4. The van der Waals surface area contributed by atoms with Crippen molar-refractivity contribution in [2.75, 3.05) is 0 Å². The molecule has 4 nitrogen and oxygen atoms in total. The standard InChI is InChI=1S/C20H14N4/c1-12-18-20(24-23-12)16-8-4-3-7-15(16)19(22-18)14-10-13-6-2-5-9-17(13)21-11-14/h2-11H,1H3,(H,23,24). The lowest BCUT2D eigenvalue weighted by atomic mass is 10.0. The van der Waals surface area contributed by atoms with Crippen molar-refractivity contribution < 1.29 is 0 Å². The van der Waals surface area contributed by atoms with Crippen LogP contribution < -0.4 is 0 Å². The van der Waals surface area contributed by atoms with Crippen LogP contribution in [0.4, 0.5) is 0 Å². The van der Waals surface area contributed by atoms with Crippen molar-refractivity contribution in [2.24, 2.45) is 0 Å². The normalized spacial score (nSPS) is 11.5. The van der Waals surface area contributed by atoms with E-state index in [9.17, 15) is 0 Å². The van der Waals surface area contributed by atoms with Gasteiger partial charge in [0.1, 0.15) is 11.0 Å². The number of aromatic nitrogens is 4. The Bertz CT molecular complexity index is 1220. The van der Waals surface area contributed by atoms with E-state index in [2.05, 4.69) is 39.4 Å². The molecule has 3 heterocycles. The fourth-order valence-corrected chi connectivity index (χ4v) is 3.24. The Labute approximate surface area is 138 Å². The van der Waals surface area contributed by atoms with Crippen LogP contribution in [0.15, 0.2) is 60.8 Å². The lowest BCUT2D eigenvalue weighted by Crippen LogP contribution is -1.90. The smallest absolute Gasteiger partial charge is 0.119 e. The summed E-state index contributed by atoms with van der Waals surface area (Å²) in [6.45, 7) is 2.00. The average Bonchev–Trinajstić information content (AvgIpc) is 3.02. The van der Waals surface area contributed by atoms with E-state index < -0.39 is 0 Å². The van der Waals surface area contributed by atoms with Crippen LogP contribution in [-0.2, 0) is 0 Å². The fourth-order valence-electron chi connectivity index (χ4n) is 3.24. The monoisotopic (exact) mass is 310 g/mol. The van der Waals surface area contributed by atoms with E-state index in [1.165, 1.54) is 0 Å². The summed E-state index contributed by atoms with van der Waals surface area (Å²) in [6.07, 6.45) is 1.90. The highest BCUT2D eigenvalue weighted by Gasteiger charge is 2.14. The first-order chi connectivity index (χ1) is 11.8. The highest BCUT2D eigenvalue weighted by Crippen LogP contribution is 2.32. The number of fused-ring (bicyclic) bond motifs is 4. The summed E-state index contributed by atoms with van der Waals surface area (Å²) in [7, 11) is 0. The van der Waals surface area contributed by atoms with Crippen molar-refractivity contribution in [2.45, 2.75) is 6.92 Å². The molecule has 114 valence electrons. The molecule has 0 fully saturated rings. The molecule has 1 N–H and O–H groups in total. The molecule has 0 aliphatic heterocycles. The van der Waals surface area contributed by atoms with Gasteiger partial charge in [-0.1, -0.05) is 42.5 Å². The maximum Gasteiger partial charge on any atom is 0.119 e. The summed E-state index contributed by atoms with van der Waals surface area (Å²) >= 11 is 0. The first-order valence-corrected chi connectivity index (χ1v) is 7.90. The van der Waals surface area contributed by atoms with E-state index in [0.29, 0.717) is 0 Å². The van der Waals surface area contributed by atoms with Gasteiger partial charge in [0.25, 0.3) is 0 Å². The van der Waals surface area contributed by atoms with Gasteiger partial charge >= 0.3 is 0 Å². The van der Waals surface area contributed by atoms with Gasteiger partial charge in [-0.15, -0.1) is 0 Å². The number of aromatic amines is 1. The Morgan fingerprint density at radius 1 is 0.875 bits per heavy atom. The highest BCUT2D eigenvalue weighted by molar-refractivity contribution is 6.09.